The van der Waals surface area contributed by atoms with Gasteiger partial charge in [-0.05, 0) is 62.1 Å². The van der Waals surface area contributed by atoms with Gasteiger partial charge in [-0.25, -0.2) is 9.18 Å². The molecule has 0 bridgehead atoms. The zero-order chi connectivity index (χ0) is 20.4. The van der Waals surface area contributed by atoms with Crippen molar-refractivity contribution in [3.05, 3.63) is 59.4 Å². The quantitative estimate of drug-likeness (QED) is 0.801. The maximum Gasteiger partial charge on any atom is 0.319 e. The third-order valence-electron chi connectivity index (χ3n) is 5.42. The molecule has 4 rings (SSSR count). The highest BCUT2D eigenvalue weighted by Crippen LogP contribution is 2.38. The van der Waals surface area contributed by atoms with E-state index >= 15 is 0 Å². The second kappa shape index (κ2) is 8.45. The van der Waals surface area contributed by atoms with Gasteiger partial charge in [0.2, 0.25) is 5.91 Å². The molecule has 29 heavy (non-hydrogen) atoms. The van der Waals surface area contributed by atoms with Gasteiger partial charge in [0.05, 0.1) is 5.25 Å². The lowest BCUT2D eigenvalue weighted by Gasteiger charge is -2.33. The molecule has 2 heterocycles. The van der Waals surface area contributed by atoms with E-state index < -0.39 is 0 Å². The number of fused-ring (bicyclic) bond motifs is 1. The van der Waals surface area contributed by atoms with Crippen LogP contribution in [0.5, 0.6) is 0 Å². The Bertz CT molecular complexity index is 911. The lowest BCUT2D eigenvalue weighted by Crippen LogP contribution is -2.49. The summed E-state index contributed by atoms with van der Waals surface area (Å²) in [6.45, 7) is 3.36. The van der Waals surface area contributed by atoms with Gasteiger partial charge in [-0.2, -0.15) is 0 Å². The van der Waals surface area contributed by atoms with Gasteiger partial charge in [0.25, 0.3) is 0 Å². The molecule has 0 radical (unpaired) electrons. The number of aryl methyl sites for hydroxylation is 1. The molecule has 2 aromatic rings. The van der Waals surface area contributed by atoms with Gasteiger partial charge in [-0.3, -0.25) is 4.79 Å². The Morgan fingerprint density at radius 2 is 1.83 bits per heavy atom. The number of urea groups is 1. The van der Waals surface area contributed by atoms with E-state index in [1.54, 1.807) is 11.8 Å². The summed E-state index contributed by atoms with van der Waals surface area (Å²) in [5, 5.41) is 5.61. The van der Waals surface area contributed by atoms with Crippen LogP contribution in [0.25, 0.3) is 0 Å². The summed E-state index contributed by atoms with van der Waals surface area (Å²) < 4.78 is 12.9. The SMILES string of the molecule is Cc1ccc2c(c1)SC(C(=O)N1CCC(NC(=O)Nc3ccc(F)cc3)CC1)C2. The van der Waals surface area contributed by atoms with Gasteiger partial charge >= 0.3 is 6.03 Å². The van der Waals surface area contributed by atoms with Crippen molar-refractivity contribution in [1.82, 2.24) is 10.2 Å². The summed E-state index contributed by atoms with van der Waals surface area (Å²) in [5.41, 5.74) is 3.02. The maximum atomic E-state index is 12.9. The van der Waals surface area contributed by atoms with Gasteiger partial charge in [-0.1, -0.05) is 17.7 Å². The van der Waals surface area contributed by atoms with Crippen LogP contribution in [-0.4, -0.2) is 41.2 Å². The van der Waals surface area contributed by atoms with Crippen LogP contribution >= 0.6 is 11.8 Å². The summed E-state index contributed by atoms with van der Waals surface area (Å²) in [6, 6.07) is 11.8. The zero-order valence-corrected chi connectivity index (χ0v) is 17.1. The molecule has 2 N–H and O–H groups in total. The number of carbonyl (C=O) groups excluding carboxylic acids is 2. The molecule has 2 aliphatic rings. The third kappa shape index (κ3) is 4.72. The number of hydrogen-bond acceptors (Lipinski definition) is 3. The topological polar surface area (TPSA) is 61.4 Å². The molecule has 7 heteroatoms. The Morgan fingerprint density at radius 3 is 2.55 bits per heavy atom. The van der Waals surface area contributed by atoms with E-state index in [4.69, 9.17) is 0 Å². The second-order valence-electron chi connectivity index (χ2n) is 7.63. The summed E-state index contributed by atoms with van der Waals surface area (Å²) in [7, 11) is 0. The van der Waals surface area contributed by atoms with Crippen molar-refractivity contribution in [2.75, 3.05) is 18.4 Å². The van der Waals surface area contributed by atoms with Gasteiger partial charge in [0, 0.05) is 29.7 Å². The molecule has 2 aliphatic heterocycles. The summed E-state index contributed by atoms with van der Waals surface area (Å²) in [5.74, 6) is -0.148. The van der Waals surface area contributed by atoms with Crippen molar-refractivity contribution >= 4 is 29.4 Å². The Labute approximate surface area is 174 Å². The van der Waals surface area contributed by atoms with Crippen LogP contribution in [0.1, 0.15) is 24.0 Å². The zero-order valence-electron chi connectivity index (χ0n) is 16.3. The molecular weight excluding hydrogens is 389 g/mol. The number of halogens is 1. The summed E-state index contributed by atoms with van der Waals surface area (Å²) in [6.07, 6.45) is 2.25. The van der Waals surface area contributed by atoms with Crippen molar-refractivity contribution < 1.29 is 14.0 Å². The lowest BCUT2D eigenvalue weighted by molar-refractivity contribution is -0.131. The first-order valence-corrected chi connectivity index (χ1v) is 10.7. The van der Waals surface area contributed by atoms with Crippen molar-refractivity contribution in [2.24, 2.45) is 0 Å². The molecular formula is C22H24FN3O2S. The van der Waals surface area contributed by atoms with E-state index in [1.807, 2.05) is 4.90 Å². The van der Waals surface area contributed by atoms with Crippen LogP contribution in [-0.2, 0) is 11.2 Å². The average Bonchev–Trinajstić information content (AvgIpc) is 3.13. The van der Waals surface area contributed by atoms with Crippen molar-refractivity contribution in [2.45, 2.75) is 42.4 Å². The minimum absolute atomic E-state index is 0.0237. The van der Waals surface area contributed by atoms with Crippen molar-refractivity contribution in [1.29, 1.82) is 0 Å². The number of carbonyl (C=O) groups is 2. The van der Waals surface area contributed by atoms with Crippen LogP contribution < -0.4 is 10.6 Å². The molecule has 152 valence electrons. The fourth-order valence-electron chi connectivity index (χ4n) is 3.81. The number of piperidine rings is 1. The minimum Gasteiger partial charge on any atom is -0.342 e. The fourth-order valence-corrected chi connectivity index (χ4v) is 5.18. The molecule has 3 amide bonds. The second-order valence-corrected chi connectivity index (χ2v) is 8.87. The Kier molecular flexibility index (Phi) is 5.76. The number of hydrogen-bond donors (Lipinski definition) is 2. The highest BCUT2D eigenvalue weighted by molar-refractivity contribution is 8.01. The van der Waals surface area contributed by atoms with Crippen molar-refractivity contribution in [3.8, 4) is 0 Å². The number of nitrogens with zero attached hydrogens (tertiary/aromatic N) is 1. The average molecular weight is 414 g/mol. The normalized spacial score (nSPS) is 19.0. The van der Waals surface area contributed by atoms with E-state index in [-0.39, 0.29) is 29.0 Å². The number of rotatable bonds is 3. The van der Waals surface area contributed by atoms with Crippen molar-refractivity contribution in [3.63, 3.8) is 0 Å². The van der Waals surface area contributed by atoms with E-state index in [0.717, 1.165) is 19.3 Å². The largest absolute Gasteiger partial charge is 0.342 e. The van der Waals surface area contributed by atoms with Gasteiger partial charge in [0.15, 0.2) is 0 Å². The number of likely N-dealkylation sites (tertiary alicyclic amines) is 1. The smallest absolute Gasteiger partial charge is 0.319 e. The van der Waals surface area contributed by atoms with E-state index in [0.29, 0.717) is 18.8 Å². The molecule has 0 aromatic heterocycles. The molecule has 1 unspecified atom stereocenters. The molecule has 0 aliphatic carbocycles. The molecule has 1 saturated heterocycles. The number of benzene rings is 2. The van der Waals surface area contributed by atoms with Gasteiger partial charge in [0.1, 0.15) is 5.82 Å². The highest BCUT2D eigenvalue weighted by atomic mass is 32.2. The molecule has 0 spiro atoms. The number of amides is 3. The highest BCUT2D eigenvalue weighted by Gasteiger charge is 2.33. The molecule has 0 saturated carbocycles. The van der Waals surface area contributed by atoms with Crippen LogP contribution in [0, 0.1) is 12.7 Å². The van der Waals surface area contributed by atoms with Crippen LogP contribution in [0.3, 0.4) is 0 Å². The molecule has 1 atom stereocenters. The predicted molar refractivity (Wildman–Crippen MR) is 113 cm³/mol. The molecule has 5 nitrogen and oxygen atoms in total. The number of nitrogens with one attached hydrogen (secondary N) is 2. The molecule has 2 aromatic carbocycles. The van der Waals surface area contributed by atoms with Gasteiger partial charge in [-0.15, -0.1) is 11.8 Å². The standard InChI is InChI=1S/C22H24FN3O2S/c1-14-2-3-15-13-20(29-19(15)12-14)21(27)26-10-8-18(9-11-26)25-22(28)24-17-6-4-16(23)5-7-17/h2-7,12,18,20H,8-11,13H2,1H3,(H2,24,25,28). The Balaban J connectivity index is 1.24. The van der Waals surface area contributed by atoms with E-state index in [1.165, 1.54) is 40.3 Å². The summed E-state index contributed by atoms with van der Waals surface area (Å²) in [4.78, 5) is 28.2. The number of thioether (sulfide) groups is 1. The third-order valence-corrected chi connectivity index (χ3v) is 6.70. The van der Waals surface area contributed by atoms with Crippen LogP contribution in [0.2, 0.25) is 0 Å². The minimum atomic E-state index is -0.341. The molecule has 1 fully saturated rings. The first kappa shape index (κ1) is 19.8. The van der Waals surface area contributed by atoms with E-state index in [2.05, 4.69) is 35.8 Å². The maximum absolute atomic E-state index is 12.9. The first-order valence-electron chi connectivity index (χ1n) is 9.86. The van der Waals surface area contributed by atoms with Gasteiger partial charge < -0.3 is 15.5 Å². The van der Waals surface area contributed by atoms with E-state index in [9.17, 15) is 14.0 Å². The first-order chi connectivity index (χ1) is 14.0. The fraction of sp³-hybridized carbons (Fsp3) is 0.364. The Morgan fingerprint density at radius 1 is 1.10 bits per heavy atom. The lowest BCUT2D eigenvalue weighted by atomic mass is 10.0. The Hall–Kier alpha value is -2.54. The van der Waals surface area contributed by atoms with Crippen LogP contribution in [0.4, 0.5) is 14.9 Å². The predicted octanol–water partition coefficient (Wildman–Crippen LogP) is 3.96. The monoisotopic (exact) mass is 413 g/mol. The number of anilines is 1. The van der Waals surface area contributed by atoms with Crippen LogP contribution in [0.15, 0.2) is 47.4 Å². The summed E-state index contributed by atoms with van der Waals surface area (Å²) >= 11 is 1.67.